The zero-order valence-electron chi connectivity index (χ0n) is 20.6. The van der Waals surface area contributed by atoms with Crippen molar-refractivity contribution in [1.29, 1.82) is 0 Å². The van der Waals surface area contributed by atoms with E-state index in [0.717, 1.165) is 12.0 Å². The van der Waals surface area contributed by atoms with Crippen molar-refractivity contribution in [2.45, 2.75) is 79.1 Å². The first kappa shape index (κ1) is 24.4. The van der Waals surface area contributed by atoms with Crippen LogP contribution in [0.15, 0.2) is 23.3 Å². The SMILES string of the molecule is C=C1C2[C@H](OC(C)=O)[C@@H](OC(C)=O)C3=C(C(=O)C(OC(C)=O)[C@@]4(C[C@@H]4C)C3=O)[C@@]2(C)CC[C@H]1C. The van der Waals surface area contributed by atoms with E-state index in [1.54, 1.807) is 0 Å². The molecule has 1 spiro atoms. The quantitative estimate of drug-likeness (QED) is 0.350. The Balaban J connectivity index is 2.01. The normalized spacial score (nSPS) is 40.9. The van der Waals surface area contributed by atoms with Gasteiger partial charge in [-0.1, -0.05) is 32.9 Å². The Morgan fingerprint density at radius 1 is 0.971 bits per heavy atom. The van der Waals surface area contributed by atoms with Crippen molar-refractivity contribution in [1.82, 2.24) is 0 Å². The van der Waals surface area contributed by atoms with E-state index in [9.17, 15) is 24.0 Å². The molecule has 2 fully saturated rings. The maximum Gasteiger partial charge on any atom is 0.303 e. The van der Waals surface area contributed by atoms with Crippen molar-refractivity contribution in [3.8, 4) is 0 Å². The van der Waals surface area contributed by atoms with E-state index in [1.807, 2.05) is 20.8 Å². The predicted molar refractivity (Wildman–Crippen MR) is 119 cm³/mol. The van der Waals surface area contributed by atoms with Crippen LogP contribution in [0.1, 0.15) is 60.8 Å². The molecular formula is C26H32O8. The molecule has 34 heavy (non-hydrogen) atoms. The van der Waals surface area contributed by atoms with Crippen LogP contribution < -0.4 is 0 Å². The van der Waals surface area contributed by atoms with Crippen LogP contribution in [-0.4, -0.2) is 47.8 Å². The standard InChI is InChI=1S/C26H32O8/c1-11-8-9-25(7)18(13(11)3)22(33-15(5)28)21(32-14(4)27)17-19(25)20(30)24(34-16(6)29)26(23(17)31)10-12(26)2/h11-12,18,21-22,24H,3,8-10H2,1-2,4-7H3/t11-,12+,18?,21+,22+,24?,25+,26-/m1/s1. The van der Waals surface area contributed by atoms with Gasteiger partial charge in [-0.3, -0.25) is 24.0 Å². The van der Waals surface area contributed by atoms with Gasteiger partial charge in [0.05, 0.1) is 5.41 Å². The molecule has 0 bridgehead atoms. The monoisotopic (exact) mass is 472 g/mol. The number of carbonyl (C=O) groups excluding carboxylic acids is 5. The van der Waals surface area contributed by atoms with E-state index in [4.69, 9.17) is 14.2 Å². The zero-order chi connectivity index (χ0) is 25.3. The van der Waals surface area contributed by atoms with E-state index in [-0.39, 0.29) is 28.8 Å². The summed E-state index contributed by atoms with van der Waals surface area (Å²) in [5.74, 6) is -3.35. The van der Waals surface area contributed by atoms with Gasteiger partial charge in [-0.05, 0) is 31.1 Å². The highest BCUT2D eigenvalue weighted by Gasteiger charge is 2.73. The molecule has 0 aliphatic heterocycles. The molecule has 0 aromatic carbocycles. The van der Waals surface area contributed by atoms with Gasteiger partial charge < -0.3 is 14.2 Å². The van der Waals surface area contributed by atoms with E-state index < -0.39 is 58.8 Å². The molecule has 8 atom stereocenters. The molecule has 2 unspecified atom stereocenters. The van der Waals surface area contributed by atoms with Crippen LogP contribution >= 0.6 is 0 Å². The van der Waals surface area contributed by atoms with Crippen molar-refractivity contribution in [3.63, 3.8) is 0 Å². The largest absolute Gasteiger partial charge is 0.458 e. The van der Waals surface area contributed by atoms with Crippen molar-refractivity contribution in [2.24, 2.45) is 28.6 Å². The Morgan fingerprint density at radius 3 is 2.03 bits per heavy atom. The Kier molecular flexibility index (Phi) is 5.65. The van der Waals surface area contributed by atoms with Gasteiger partial charge in [-0.2, -0.15) is 0 Å². The molecule has 8 nitrogen and oxygen atoms in total. The zero-order valence-corrected chi connectivity index (χ0v) is 20.6. The number of carbonyl (C=O) groups is 5. The first-order valence-electron chi connectivity index (χ1n) is 11.8. The molecule has 4 rings (SSSR count). The van der Waals surface area contributed by atoms with E-state index in [0.29, 0.717) is 12.8 Å². The average Bonchev–Trinajstić information content (AvgIpc) is 3.39. The minimum absolute atomic E-state index is 0.0738. The van der Waals surface area contributed by atoms with Crippen molar-refractivity contribution >= 4 is 29.5 Å². The maximum atomic E-state index is 14.1. The Labute approximate surface area is 199 Å². The molecule has 8 heteroatoms. The van der Waals surface area contributed by atoms with Gasteiger partial charge in [0.15, 0.2) is 24.1 Å². The molecule has 0 heterocycles. The fourth-order valence-electron chi connectivity index (χ4n) is 6.69. The molecule has 0 N–H and O–H groups in total. The highest BCUT2D eigenvalue weighted by Crippen LogP contribution is 2.66. The van der Waals surface area contributed by atoms with Crippen molar-refractivity contribution in [2.75, 3.05) is 0 Å². The van der Waals surface area contributed by atoms with Crippen LogP contribution in [0, 0.1) is 28.6 Å². The first-order chi connectivity index (χ1) is 15.8. The van der Waals surface area contributed by atoms with Gasteiger partial charge >= 0.3 is 17.9 Å². The number of ether oxygens (including phenoxy) is 3. The number of hydrogen-bond donors (Lipinski definition) is 0. The van der Waals surface area contributed by atoms with Crippen LogP contribution in [0.5, 0.6) is 0 Å². The van der Waals surface area contributed by atoms with E-state index in [2.05, 4.69) is 6.58 Å². The highest BCUT2D eigenvalue weighted by atomic mass is 16.6. The van der Waals surface area contributed by atoms with Gasteiger partial charge in [0.25, 0.3) is 0 Å². The average molecular weight is 473 g/mol. The van der Waals surface area contributed by atoms with Gasteiger partial charge in [0.2, 0.25) is 5.78 Å². The third kappa shape index (κ3) is 3.28. The number of ketones is 2. The molecular weight excluding hydrogens is 440 g/mol. The third-order valence-electron chi connectivity index (χ3n) is 8.43. The summed E-state index contributed by atoms with van der Waals surface area (Å²) in [5.41, 5.74) is -1.02. The fraction of sp³-hybridized carbons (Fsp3) is 0.654. The minimum Gasteiger partial charge on any atom is -0.458 e. The smallest absolute Gasteiger partial charge is 0.303 e. The van der Waals surface area contributed by atoms with Crippen LogP contribution in [0.3, 0.4) is 0 Å². The third-order valence-corrected chi connectivity index (χ3v) is 8.43. The molecule has 0 amide bonds. The molecule has 0 aromatic rings. The summed E-state index contributed by atoms with van der Waals surface area (Å²) in [6, 6.07) is 0. The lowest BCUT2D eigenvalue weighted by Crippen LogP contribution is -2.62. The number of esters is 3. The molecule has 0 saturated heterocycles. The lowest BCUT2D eigenvalue weighted by atomic mass is 9.50. The van der Waals surface area contributed by atoms with E-state index >= 15 is 0 Å². The van der Waals surface area contributed by atoms with Crippen LogP contribution in [-0.2, 0) is 38.2 Å². The summed E-state index contributed by atoms with van der Waals surface area (Å²) >= 11 is 0. The minimum atomic E-state index is -1.24. The highest BCUT2D eigenvalue weighted by molar-refractivity contribution is 6.20. The summed E-state index contributed by atoms with van der Waals surface area (Å²) in [6.45, 7) is 13.7. The maximum absolute atomic E-state index is 14.1. The Bertz CT molecular complexity index is 1050. The van der Waals surface area contributed by atoms with Gasteiger partial charge in [-0.15, -0.1) is 0 Å². The van der Waals surface area contributed by atoms with Crippen molar-refractivity contribution in [3.05, 3.63) is 23.3 Å². The van der Waals surface area contributed by atoms with Crippen LogP contribution in [0.2, 0.25) is 0 Å². The second-order valence-electron chi connectivity index (χ2n) is 10.6. The number of Topliss-reactive ketones (excluding diaryl/α,β-unsaturated/α-hetero) is 2. The van der Waals surface area contributed by atoms with E-state index in [1.165, 1.54) is 20.8 Å². The Morgan fingerprint density at radius 2 is 1.53 bits per heavy atom. The Hall–Kier alpha value is -2.77. The predicted octanol–water partition coefficient (Wildman–Crippen LogP) is 2.88. The number of hydrogen-bond acceptors (Lipinski definition) is 8. The summed E-state index contributed by atoms with van der Waals surface area (Å²) in [5, 5.41) is 0. The lowest BCUT2D eigenvalue weighted by Gasteiger charge is -2.55. The molecule has 4 aliphatic carbocycles. The second-order valence-corrected chi connectivity index (χ2v) is 10.6. The molecule has 0 radical (unpaired) electrons. The van der Waals surface area contributed by atoms with Crippen LogP contribution in [0.25, 0.3) is 0 Å². The summed E-state index contributed by atoms with van der Waals surface area (Å²) in [7, 11) is 0. The summed E-state index contributed by atoms with van der Waals surface area (Å²) < 4.78 is 16.9. The van der Waals surface area contributed by atoms with Gasteiger partial charge in [0.1, 0.15) is 0 Å². The lowest BCUT2D eigenvalue weighted by molar-refractivity contribution is -0.176. The molecule has 0 aromatic heterocycles. The topological polar surface area (TPSA) is 113 Å². The molecule has 2 saturated carbocycles. The second kappa shape index (κ2) is 7.89. The summed E-state index contributed by atoms with van der Waals surface area (Å²) in [4.78, 5) is 64.5. The molecule has 184 valence electrons. The summed E-state index contributed by atoms with van der Waals surface area (Å²) in [6.07, 6.45) is -1.82. The number of fused-ring (bicyclic) bond motifs is 2. The van der Waals surface area contributed by atoms with Gasteiger partial charge in [-0.25, -0.2) is 0 Å². The van der Waals surface area contributed by atoms with Crippen molar-refractivity contribution < 1.29 is 38.2 Å². The van der Waals surface area contributed by atoms with Gasteiger partial charge in [0, 0.05) is 43.3 Å². The fourth-order valence-corrected chi connectivity index (χ4v) is 6.69. The number of rotatable bonds is 3. The molecule has 4 aliphatic rings. The first-order valence-corrected chi connectivity index (χ1v) is 11.8. The van der Waals surface area contributed by atoms with Crippen LogP contribution in [0.4, 0.5) is 0 Å².